The number of aromatic nitrogens is 2. The van der Waals surface area contributed by atoms with Gasteiger partial charge in [-0.15, -0.1) is 0 Å². The summed E-state index contributed by atoms with van der Waals surface area (Å²) in [7, 11) is -4.14. The average molecular weight is 499 g/mol. The van der Waals surface area contributed by atoms with E-state index in [0.29, 0.717) is 22.8 Å². The van der Waals surface area contributed by atoms with Gasteiger partial charge in [0.05, 0.1) is 29.1 Å². The van der Waals surface area contributed by atoms with Crippen molar-refractivity contribution in [3.05, 3.63) is 66.7 Å². The number of fused-ring (bicyclic) bond motifs is 2. The maximum Gasteiger partial charge on any atom is 0.331 e. The summed E-state index contributed by atoms with van der Waals surface area (Å²) in [5.74, 6) is -1.65. The van der Waals surface area contributed by atoms with Crippen molar-refractivity contribution in [2.24, 2.45) is 0 Å². The Morgan fingerprint density at radius 2 is 1.53 bits per heavy atom. The monoisotopic (exact) mass is 498 g/mol. The van der Waals surface area contributed by atoms with Gasteiger partial charge in [0.15, 0.2) is 5.16 Å². The molecule has 4 aromatic rings. The highest BCUT2D eigenvalue weighted by atomic mass is 32.2. The Morgan fingerprint density at radius 3 is 2.21 bits per heavy atom. The predicted octanol–water partition coefficient (Wildman–Crippen LogP) is 4.01. The van der Waals surface area contributed by atoms with E-state index in [0.717, 1.165) is 14.7 Å². The molecular formula is C24H22N2O6S2. The summed E-state index contributed by atoms with van der Waals surface area (Å²) in [6, 6.07) is 19.0. The van der Waals surface area contributed by atoms with Gasteiger partial charge in [0, 0.05) is 0 Å². The van der Waals surface area contributed by atoms with Crippen LogP contribution in [0.2, 0.25) is 0 Å². The van der Waals surface area contributed by atoms with Gasteiger partial charge in [-0.25, -0.2) is 17.4 Å². The molecule has 0 saturated carbocycles. The van der Waals surface area contributed by atoms with Crippen molar-refractivity contribution in [1.29, 1.82) is 0 Å². The molecule has 1 aromatic heterocycles. The molecule has 4 rings (SSSR count). The van der Waals surface area contributed by atoms with E-state index < -0.39 is 27.2 Å². The van der Waals surface area contributed by atoms with Crippen molar-refractivity contribution >= 4 is 55.5 Å². The van der Waals surface area contributed by atoms with E-state index in [4.69, 9.17) is 9.47 Å². The number of ether oxygens (including phenoxy) is 2. The molecule has 0 aliphatic rings. The Kier molecular flexibility index (Phi) is 6.90. The number of imidazole rings is 1. The third-order valence-electron chi connectivity index (χ3n) is 4.97. The lowest BCUT2D eigenvalue weighted by molar-refractivity contribution is -0.152. The Morgan fingerprint density at radius 1 is 0.912 bits per heavy atom. The zero-order valence-electron chi connectivity index (χ0n) is 18.5. The van der Waals surface area contributed by atoms with E-state index in [1.807, 2.05) is 24.3 Å². The molecule has 0 unspecified atom stereocenters. The van der Waals surface area contributed by atoms with Gasteiger partial charge in [-0.1, -0.05) is 54.2 Å². The molecule has 0 fully saturated rings. The van der Waals surface area contributed by atoms with Crippen LogP contribution in [0.25, 0.3) is 21.8 Å². The maximum absolute atomic E-state index is 13.8. The first kappa shape index (κ1) is 23.8. The summed E-state index contributed by atoms with van der Waals surface area (Å²) in [5, 5.41) is 0.192. The number of thioether (sulfide) groups is 1. The van der Waals surface area contributed by atoms with E-state index in [9.17, 15) is 18.0 Å². The fraction of sp³-hybridized carbons (Fsp3) is 0.208. The van der Waals surface area contributed by atoms with Crippen LogP contribution in [0.5, 0.6) is 0 Å². The van der Waals surface area contributed by atoms with Crippen LogP contribution in [0.3, 0.4) is 0 Å². The number of hydrogen-bond acceptors (Lipinski definition) is 8. The summed E-state index contributed by atoms with van der Waals surface area (Å²) < 4.78 is 38.8. The van der Waals surface area contributed by atoms with E-state index in [-0.39, 0.29) is 23.3 Å². The third kappa shape index (κ3) is 4.51. The quantitative estimate of drug-likeness (QED) is 0.204. The van der Waals surface area contributed by atoms with E-state index in [1.165, 1.54) is 6.07 Å². The van der Waals surface area contributed by atoms with Gasteiger partial charge in [-0.05, 0) is 48.9 Å². The number of hydrogen-bond donors (Lipinski definition) is 0. The van der Waals surface area contributed by atoms with Gasteiger partial charge in [0.25, 0.3) is 10.0 Å². The first-order valence-electron chi connectivity index (χ1n) is 10.6. The Balaban J connectivity index is 1.86. The minimum Gasteiger partial charge on any atom is -0.465 e. The molecule has 8 nitrogen and oxygen atoms in total. The van der Waals surface area contributed by atoms with Crippen LogP contribution in [-0.4, -0.2) is 47.8 Å². The second-order valence-corrected chi connectivity index (χ2v) is 10.0. The smallest absolute Gasteiger partial charge is 0.331 e. The van der Waals surface area contributed by atoms with Crippen molar-refractivity contribution in [2.45, 2.75) is 29.1 Å². The standard InChI is InChI=1S/C24H22N2O6S2/c1-3-31-22(27)21(23(28)32-4-2)33-24-25-19-11-7-8-12-20(19)26(24)34(29,30)18-14-13-16-9-5-6-10-17(16)15-18/h5-15,21H,3-4H2,1-2H3. The topological polar surface area (TPSA) is 105 Å². The Labute approximate surface area is 200 Å². The fourth-order valence-corrected chi connectivity index (χ4v) is 6.15. The molecule has 0 saturated heterocycles. The van der Waals surface area contributed by atoms with Crippen molar-refractivity contribution in [3.63, 3.8) is 0 Å². The summed E-state index contributed by atoms with van der Waals surface area (Å²) >= 11 is 0.686. The first-order valence-corrected chi connectivity index (χ1v) is 12.9. The first-order chi connectivity index (χ1) is 16.4. The molecule has 0 amide bonds. The zero-order chi connectivity index (χ0) is 24.3. The van der Waals surface area contributed by atoms with E-state index >= 15 is 0 Å². The number of benzene rings is 3. The highest BCUT2D eigenvalue weighted by Crippen LogP contribution is 2.33. The van der Waals surface area contributed by atoms with E-state index in [1.54, 1.807) is 50.2 Å². The van der Waals surface area contributed by atoms with Gasteiger partial charge in [0.2, 0.25) is 5.25 Å². The molecule has 0 atom stereocenters. The second-order valence-electron chi connectivity index (χ2n) is 7.16. The summed E-state index contributed by atoms with van der Waals surface area (Å²) in [5.41, 5.74) is 0.727. The molecule has 10 heteroatoms. The number of nitrogens with zero attached hydrogens (tertiary/aromatic N) is 2. The lowest BCUT2D eigenvalue weighted by Gasteiger charge is -2.15. The molecule has 0 bridgehead atoms. The fourth-order valence-electron chi connectivity index (χ4n) is 3.46. The number of carbonyl (C=O) groups excluding carboxylic acids is 2. The minimum absolute atomic E-state index is 0.0412. The van der Waals surface area contributed by atoms with Gasteiger partial charge in [-0.3, -0.25) is 9.59 Å². The van der Waals surface area contributed by atoms with Gasteiger partial charge in [0.1, 0.15) is 0 Å². The zero-order valence-corrected chi connectivity index (χ0v) is 20.1. The summed E-state index contributed by atoms with van der Waals surface area (Å²) in [4.78, 5) is 29.5. The minimum atomic E-state index is -4.14. The predicted molar refractivity (Wildman–Crippen MR) is 129 cm³/mol. The van der Waals surface area contributed by atoms with Gasteiger partial charge < -0.3 is 9.47 Å². The average Bonchev–Trinajstić information content (AvgIpc) is 3.21. The van der Waals surface area contributed by atoms with Crippen molar-refractivity contribution < 1.29 is 27.5 Å². The largest absolute Gasteiger partial charge is 0.465 e. The maximum atomic E-state index is 13.8. The number of esters is 2. The molecule has 0 spiro atoms. The molecule has 176 valence electrons. The lowest BCUT2D eigenvalue weighted by atomic mass is 10.1. The van der Waals surface area contributed by atoms with Crippen molar-refractivity contribution in [2.75, 3.05) is 13.2 Å². The van der Waals surface area contributed by atoms with Crippen LogP contribution >= 0.6 is 11.8 Å². The SMILES string of the molecule is CCOC(=O)C(Sc1nc2ccccc2n1S(=O)(=O)c1ccc2ccccc2c1)C(=O)OCC. The molecule has 1 heterocycles. The highest BCUT2D eigenvalue weighted by Gasteiger charge is 2.35. The van der Waals surface area contributed by atoms with Crippen LogP contribution in [-0.2, 0) is 29.1 Å². The highest BCUT2D eigenvalue weighted by molar-refractivity contribution is 8.01. The molecule has 34 heavy (non-hydrogen) atoms. The number of para-hydroxylation sites is 2. The Bertz CT molecular complexity index is 1460. The van der Waals surface area contributed by atoms with Crippen LogP contribution in [0, 0.1) is 0 Å². The second kappa shape index (κ2) is 9.86. The Hall–Kier alpha value is -3.37. The molecule has 0 N–H and O–H groups in total. The van der Waals surface area contributed by atoms with Crippen LogP contribution in [0.15, 0.2) is 76.8 Å². The van der Waals surface area contributed by atoms with Gasteiger partial charge in [-0.2, -0.15) is 0 Å². The normalized spacial score (nSPS) is 11.7. The molecule has 3 aromatic carbocycles. The lowest BCUT2D eigenvalue weighted by Crippen LogP contribution is -2.31. The third-order valence-corrected chi connectivity index (χ3v) is 7.89. The van der Waals surface area contributed by atoms with Crippen LogP contribution in [0.1, 0.15) is 13.8 Å². The molecule has 0 aliphatic carbocycles. The molecule has 0 aliphatic heterocycles. The summed E-state index contributed by atoms with van der Waals surface area (Å²) in [6.45, 7) is 3.34. The summed E-state index contributed by atoms with van der Waals surface area (Å²) in [6.07, 6.45) is 0. The molecule has 0 radical (unpaired) electrons. The number of carbonyl (C=O) groups is 2. The van der Waals surface area contributed by atoms with Gasteiger partial charge >= 0.3 is 11.9 Å². The van der Waals surface area contributed by atoms with Crippen molar-refractivity contribution in [1.82, 2.24) is 8.96 Å². The van der Waals surface area contributed by atoms with Crippen LogP contribution < -0.4 is 0 Å². The van der Waals surface area contributed by atoms with Crippen LogP contribution in [0.4, 0.5) is 0 Å². The van der Waals surface area contributed by atoms with E-state index in [2.05, 4.69) is 4.98 Å². The molecular weight excluding hydrogens is 476 g/mol. The number of rotatable bonds is 8. The van der Waals surface area contributed by atoms with Crippen molar-refractivity contribution in [3.8, 4) is 0 Å².